The summed E-state index contributed by atoms with van der Waals surface area (Å²) >= 11 is 5.18. The largest absolute Gasteiger partial charge is 0.465 e. The molecule has 92 valence electrons. The summed E-state index contributed by atoms with van der Waals surface area (Å²) in [5.74, 6) is 0.310. The highest BCUT2D eigenvalue weighted by atomic mass is 35.5. The number of carbonyl (C=O) groups is 1. The third-order valence-corrected chi connectivity index (χ3v) is 4.47. The fourth-order valence-electron chi connectivity index (χ4n) is 1.74. The number of hydrogen-bond donors (Lipinski definition) is 1. The Morgan fingerprint density at radius 2 is 2.35 bits per heavy atom. The number of anilines is 1. The Bertz CT molecular complexity index is 441. The number of rotatable bonds is 2. The van der Waals surface area contributed by atoms with E-state index in [0.717, 1.165) is 24.4 Å². The molecule has 1 fully saturated rings. The summed E-state index contributed by atoms with van der Waals surface area (Å²) in [6.45, 7) is 0.794. The lowest BCUT2D eigenvalue weighted by Crippen LogP contribution is -2.25. The van der Waals surface area contributed by atoms with Crippen molar-refractivity contribution in [1.82, 2.24) is 0 Å². The topological polar surface area (TPSA) is 49.8 Å². The van der Waals surface area contributed by atoms with Crippen LogP contribution >= 0.6 is 11.6 Å². The summed E-state index contributed by atoms with van der Waals surface area (Å²) in [5.41, 5.74) is 1.13. The van der Waals surface area contributed by atoms with Crippen LogP contribution in [0.15, 0.2) is 18.2 Å². The Morgan fingerprint density at radius 1 is 1.59 bits per heavy atom. The van der Waals surface area contributed by atoms with E-state index in [0.29, 0.717) is 10.6 Å². The molecule has 1 saturated heterocycles. The molecular weight excluding hydrogens is 262 g/mol. The Hall–Kier alpha value is -0.910. The van der Waals surface area contributed by atoms with E-state index < -0.39 is 17.3 Å². The molecule has 2 rings (SSSR count). The average molecular weight is 275 g/mol. The second kappa shape index (κ2) is 5.16. The molecule has 1 aromatic carbocycles. The monoisotopic (exact) mass is 274 g/mol. The smallest absolute Gasteiger partial charge is 0.339 e. The molecule has 17 heavy (non-hydrogen) atoms. The second-order valence-corrected chi connectivity index (χ2v) is 5.59. The Kier molecular flexibility index (Phi) is 3.81. The van der Waals surface area contributed by atoms with Gasteiger partial charge in [0.25, 0.3) is 11.4 Å². The van der Waals surface area contributed by atoms with Crippen molar-refractivity contribution in [1.29, 1.82) is 0 Å². The molecule has 0 amide bonds. The molecule has 1 N–H and O–H groups in total. The summed E-state index contributed by atoms with van der Waals surface area (Å²) in [6, 6.07) is 5.12. The first kappa shape index (κ1) is 12.5. The zero-order valence-electron chi connectivity index (χ0n) is 9.35. The van der Waals surface area contributed by atoms with Crippen LogP contribution in [0.3, 0.4) is 0 Å². The third kappa shape index (κ3) is 2.51. The van der Waals surface area contributed by atoms with E-state index in [9.17, 15) is 9.35 Å². The molecule has 0 aliphatic carbocycles. The van der Waals surface area contributed by atoms with Crippen LogP contribution in [0.25, 0.3) is 0 Å². The second-order valence-electron chi connectivity index (χ2n) is 3.66. The van der Waals surface area contributed by atoms with Crippen molar-refractivity contribution in [3.8, 4) is 0 Å². The highest BCUT2D eigenvalue weighted by molar-refractivity contribution is 7.93. The van der Waals surface area contributed by atoms with Gasteiger partial charge in [-0.1, -0.05) is 11.6 Å². The van der Waals surface area contributed by atoms with Gasteiger partial charge >= 0.3 is 5.97 Å². The van der Waals surface area contributed by atoms with Gasteiger partial charge in [-0.3, -0.25) is 0 Å². The minimum atomic E-state index is -0.754. The van der Waals surface area contributed by atoms with Crippen LogP contribution in [-0.2, 0) is 16.1 Å². The van der Waals surface area contributed by atoms with Crippen molar-refractivity contribution in [3.05, 3.63) is 28.8 Å². The Balaban J connectivity index is 2.33. The van der Waals surface area contributed by atoms with Gasteiger partial charge in [-0.15, -0.1) is 0 Å². The maximum Gasteiger partial charge on any atom is 0.339 e. The van der Waals surface area contributed by atoms with Crippen LogP contribution in [0, 0.1) is 0 Å². The van der Waals surface area contributed by atoms with Crippen molar-refractivity contribution >= 4 is 34.6 Å². The van der Waals surface area contributed by atoms with Crippen LogP contribution in [0.4, 0.5) is 5.69 Å². The van der Waals surface area contributed by atoms with Crippen molar-refractivity contribution in [2.75, 3.05) is 23.7 Å². The molecule has 1 unspecified atom stereocenters. The highest BCUT2D eigenvalue weighted by Crippen LogP contribution is 2.28. The Labute approximate surface area is 108 Å². The van der Waals surface area contributed by atoms with Gasteiger partial charge in [-0.2, -0.15) is 8.86 Å². The van der Waals surface area contributed by atoms with Gasteiger partial charge in [0.1, 0.15) is 0 Å². The van der Waals surface area contributed by atoms with E-state index in [2.05, 4.69) is 4.74 Å². The normalized spacial score (nSPS) is 19.5. The number of ether oxygens (including phenoxy) is 1. The molecule has 0 bridgehead atoms. The fourth-order valence-corrected chi connectivity index (χ4v) is 3.24. The maximum atomic E-state index is 11.5. The lowest BCUT2D eigenvalue weighted by molar-refractivity contribution is 0.0601. The van der Waals surface area contributed by atoms with Gasteiger partial charge < -0.3 is 4.74 Å². The van der Waals surface area contributed by atoms with Crippen molar-refractivity contribution < 1.29 is 14.1 Å². The van der Waals surface area contributed by atoms with Crippen molar-refractivity contribution in [2.24, 2.45) is 0 Å². The van der Waals surface area contributed by atoms with E-state index in [4.69, 9.17) is 11.6 Å². The maximum absolute atomic E-state index is 11.5. The van der Waals surface area contributed by atoms with Crippen LogP contribution in [-0.4, -0.2) is 29.9 Å². The van der Waals surface area contributed by atoms with Crippen LogP contribution in [0.5, 0.6) is 0 Å². The summed E-state index contributed by atoms with van der Waals surface area (Å²) < 4.78 is 16.3. The standard InChI is InChI=1S/C11H13ClNO3S/c1-16-11(14)9-7-8(3-4-10(9)12)13-5-2-6-17(13)15/h3-4,7,15H,2,5-6H2,1H3/q+1. The van der Waals surface area contributed by atoms with Gasteiger partial charge in [0.2, 0.25) is 0 Å². The summed E-state index contributed by atoms with van der Waals surface area (Å²) in [4.78, 5) is 11.5. The van der Waals surface area contributed by atoms with Crippen LogP contribution in [0.1, 0.15) is 16.8 Å². The summed E-state index contributed by atoms with van der Waals surface area (Å²) in [6.07, 6.45) is 0.954. The lowest BCUT2D eigenvalue weighted by Gasteiger charge is -2.13. The lowest BCUT2D eigenvalue weighted by atomic mass is 10.2. The van der Waals surface area contributed by atoms with Gasteiger partial charge in [0, 0.05) is 6.42 Å². The van der Waals surface area contributed by atoms with Crippen LogP contribution < -0.4 is 4.31 Å². The van der Waals surface area contributed by atoms with Gasteiger partial charge in [0.05, 0.1) is 29.9 Å². The predicted molar refractivity (Wildman–Crippen MR) is 69.6 cm³/mol. The minimum Gasteiger partial charge on any atom is -0.465 e. The predicted octanol–water partition coefficient (Wildman–Crippen LogP) is 2.34. The molecule has 1 aromatic rings. The van der Waals surface area contributed by atoms with Gasteiger partial charge in [-0.05, 0) is 18.2 Å². The molecule has 0 spiro atoms. The van der Waals surface area contributed by atoms with Crippen molar-refractivity contribution in [3.63, 3.8) is 0 Å². The number of hydrogen-bond acceptors (Lipinski definition) is 4. The molecule has 0 radical (unpaired) electrons. The quantitative estimate of drug-likeness (QED) is 0.664. The molecule has 6 heteroatoms. The zero-order chi connectivity index (χ0) is 12.4. The number of nitrogens with zero attached hydrogens (tertiary/aromatic N) is 1. The minimum absolute atomic E-state index is 0.329. The first-order valence-electron chi connectivity index (χ1n) is 5.19. The molecule has 0 saturated carbocycles. The SMILES string of the molecule is COC(=O)c1cc(N2CCC[S+]2O)ccc1Cl. The molecule has 1 atom stereocenters. The summed E-state index contributed by atoms with van der Waals surface area (Å²) in [5, 5.41) is 0.359. The first-order valence-corrected chi connectivity index (χ1v) is 6.87. The van der Waals surface area contributed by atoms with Crippen LogP contribution in [0.2, 0.25) is 5.02 Å². The summed E-state index contributed by atoms with van der Waals surface area (Å²) in [7, 11) is 1.32. The number of benzene rings is 1. The van der Waals surface area contributed by atoms with Gasteiger partial charge in [-0.25, -0.2) is 4.79 Å². The number of carbonyl (C=O) groups excluding carboxylic acids is 1. The Morgan fingerprint density at radius 3 is 2.94 bits per heavy atom. The molecule has 1 heterocycles. The fraction of sp³-hybridized carbons (Fsp3) is 0.364. The van der Waals surface area contributed by atoms with E-state index in [-0.39, 0.29) is 0 Å². The number of esters is 1. The van der Waals surface area contributed by atoms with E-state index in [1.165, 1.54) is 7.11 Å². The molecule has 1 aliphatic heterocycles. The molecule has 4 nitrogen and oxygen atoms in total. The first-order chi connectivity index (χ1) is 8.13. The molecule has 0 aromatic heterocycles. The molecule has 1 aliphatic rings. The van der Waals surface area contributed by atoms with Crippen molar-refractivity contribution in [2.45, 2.75) is 6.42 Å². The average Bonchev–Trinajstić information content (AvgIpc) is 2.75. The van der Waals surface area contributed by atoms with E-state index in [1.54, 1.807) is 18.2 Å². The number of halogens is 1. The highest BCUT2D eigenvalue weighted by Gasteiger charge is 2.34. The van der Waals surface area contributed by atoms with Gasteiger partial charge in [0.15, 0.2) is 5.75 Å². The molecular formula is C11H13ClNO3S+. The van der Waals surface area contributed by atoms with E-state index in [1.807, 2.05) is 4.31 Å². The number of methoxy groups -OCH3 is 1. The third-order valence-electron chi connectivity index (χ3n) is 2.59. The zero-order valence-corrected chi connectivity index (χ0v) is 10.9. The van der Waals surface area contributed by atoms with E-state index >= 15 is 0 Å².